The van der Waals surface area contributed by atoms with Gasteiger partial charge in [0.05, 0.1) is 42.2 Å². The highest BCUT2D eigenvalue weighted by atomic mass is 35.5. The van der Waals surface area contributed by atoms with Crippen molar-refractivity contribution in [3.8, 4) is 66.6 Å². The van der Waals surface area contributed by atoms with E-state index in [2.05, 4.69) is 39.0 Å². The van der Waals surface area contributed by atoms with E-state index in [1.807, 2.05) is 90.4 Å². The van der Waals surface area contributed by atoms with Crippen molar-refractivity contribution < 1.29 is 15.3 Å². The van der Waals surface area contributed by atoms with Gasteiger partial charge < -0.3 is 20.6 Å². The van der Waals surface area contributed by atoms with Crippen LogP contribution in [0.25, 0.3) is 21.8 Å². The second-order valence-corrected chi connectivity index (χ2v) is 15.3. The van der Waals surface area contributed by atoms with Crippen LogP contribution in [0.1, 0.15) is 22.3 Å². The molecule has 5 aromatic carbocycles. The monoisotopic (exact) mass is 893 g/mol. The van der Waals surface area contributed by atoms with Crippen LogP contribution in [0.15, 0.2) is 122 Å². The zero-order valence-electron chi connectivity index (χ0n) is 34.9. The number of halogens is 3. The lowest BCUT2D eigenvalue weighted by Crippen LogP contribution is -2.24. The molecule has 0 atom stereocenters. The molecule has 0 saturated carbocycles. The topological polar surface area (TPSA) is 105 Å². The second-order valence-electron chi connectivity index (χ2n) is 14.0. The molecule has 7 rings (SSSR count). The van der Waals surface area contributed by atoms with Crippen molar-refractivity contribution >= 4 is 68.0 Å². The van der Waals surface area contributed by atoms with Gasteiger partial charge in [0.2, 0.25) is 0 Å². The number of pyridine rings is 2. The number of fused-ring (bicyclic) bond motifs is 2. The van der Waals surface area contributed by atoms with Gasteiger partial charge in [0.1, 0.15) is 17.2 Å². The molecule has 2 heterocycles. The number of nitrogens with zero attached hydrogens (tertiary/aromatic N) is 4. The molecule has 63 heavy (non-hydrogen) atoms. The molecule has 0 fully saturated rings. The maximum Gasteiger partial charge on any atom is 0.120 e. The number of aromatic hydroxyl groups is 3. The van der Waals surface area contributed by atoms with E-state index in [1.54, 1.807) is 54.9 Å². The quantitative estimate of drug-likeness (QED) is 0.0795. The molecule has 0 unspecified atom stereocenters. The number of aromatic nitrogens is 2. The SMILES string of the molecule is C#CCN(CC#C)Cc1cc(C)ccc1O.C#CCN(CC#C)Cc1cc(Nc2ccnc3cc(Cl)ccc23)ccc1O.Cc1ccc(O)cc1.Clc1ccc2c(Cl)ccnc2c1. The molecule has 0 amide bonds. The van der Waals surface area contributed by atoms with E-state index in [9.17, 15) is 10.2 Å². The second kappa shape index (κ2) is 25.2. The molecule has 2 aromatic heterocycles. The number of anilines is 2. The van der Waals surface area contributed by atoms with Crippen LogP contribution >= 0.6 is 34.8 Å². The maximum atomic E-state index is 10.2. The van der Waals surface area contributed by atoms with Crippen molar-refractivity contribution in [2.45, 2.75) is 26.9 Å². The summed E-state index contributed by atoms with van der Waals surface area (Å²) in [4.78, 5) is 12.3. The van der Waals surface area contributed by atoms with Crippen molar-refractivity contribution in [2.24, 2.45) is 0 Å². The van der Waals surface area contributed by atoms with Gasteiger partial charge in [0, 0.05) is 68.8 Å². The van der Waals surface area contributed by atoms with E-state index in [0.717, 1.165) is 49.9 Å². The van der Waals surface area contributed by atoms with E-state index in [4.69, 9.17) is 65.6 Å². The minimum absolute atomic E-state index is 0.200. The summed E-state index contributed by atoms with van der Waals surface area (Å²) >= 11 is 17.8. The van der Waals surface area contributed by atoms with Gasteiger partial charge in [0.25, 0.3) is 0 Å². The summed E-state index contributed by atoms with van der Waals surface area (Å²) in [7, 11) is 0. The van der Waals surface area contributed by atoms with Crippen molar-refractivity contribution in [3.63, 3.8) is 0 Å². The van der Waals surface area contributed by atoms with Gasteiger partial charge in [-0.2, -0.15) is 0 Å². The summed E-state index contributed by atoms with van der Waals surface area (Å²) in [5.41, 5.74) is 7.24. The van der Waals surface area contributed by atoms with Crippen LogP contribution in [0.3, 0.4) is 0 Å². The summed E-state index contributed by atoms with van der Waals surface area (Å²) in [5, 5.41) is 35.9. The molecule has 0 aliphatic rings. The Hall–Kier alpha value is -6.85. The average Bonchev–Trinajstić information content (AvgIpc) is 3.25. The first-order valence-corrected chi connectivity index (χ1v) is 20.5. The van der Waals surface area contributed by atoms with Crippen molar-refractivity contribution in [1.82, 2.24) is 19.8 Å². The number of hydrogen-bond donors (Lipinski definition) is 4. The zero-order valence-corrected chi connectivity index (χ0v) is 37.1. The third kappa shape index (κ3) is 15.8. The normalized spacial score (nSPS) is 10.1. The summed E-state index contributed by atoms with van der Waals surface area (Å²) in [6.45, 7) is 6.79. The van der Waals surface area contributed by atoms with E-state index in [1.165, 1.54) is 5.56 Å². The molecule has 318 valence electrons. The fourth-order valence-electron chi connectivity index (χ4n) is 5.98. The van der Waals surface area contributed by atoms with Crippen LogP contribution in [-0.4, -0.2) is 61.3 Å². The standard InChI is InChI=1S/C22H18ClN3O.C14H15NO.C9H5Cl2N.C7H8O/c1-3-11-26(12-4-2)15-16-13-18(6-8-22(16)27)25-20-9-10-24-21-14-17(23)5-7-19(20)21;1-4-8-15(9-5-2)11-13-10-12(3)6-7-14(13)16;10-6-1-2-7-8(11)3-4-12-9(7)5-6;1-6-2-4-7(8)5-3-6/h1-2,5-10,13-14,27H,11-12,15H2,(H,24,25);1-2,6-7,10,16H,8-9,11H2,3H3;1-5H;2-5,8H,1H3. The number of benzene rings is 5. The Balaban J connectivity index is 0.000000204. The van der Waals surface area contributed by atoms with Gasteiger partial charge in [-0.1, -0.05) is 93.9 Å². The maximum absolute atomic E-state index is 10.2. The number of rotatable bonds is 10. The Bertz CT molecular complexity index is 2730. The number of phenolic OH excluding ortho intramolecular Hbond substituents is 3. The van der Waals surface area contributed by atoms with Gasteiger partial charge >= 0.3 is 0 Å². The van der Waals surface area contributed by atoms with Gasteiger partial charge in [-0.25, -0.2) is 0 Å². The molecule has 0 radical (unpaired) electrons. The minimum atomic E-state index is 0.200. The van der Waals surface area contributed by atoms with Crippen LogP contribution < -0.4 is 5.32 Å². The Morgan fingerprint density at radius 2 is 1.02 bits per heavy atom. The fourth-order valence-corrected chi connectivity index (χ4v) is 6.53. The molecule has 0 aliphatic heterocycles. The van der Waals surface area contributed by atoms with Crippen LogP contribution in [-0.2, 0) is 13.1 Å². The number of aryl methyl sites for hydroxylation is 2. The number of terminal acetylenes is 4. The first kappa shape index (κ1) is 48.8. The smallest absolute Gasteiger partial charge is 0.120 e. The van der Waals surface area contributed by atoms with E-state index < -0.39 is 0 Å². The summed E-state index contributed by atoms with van der Waals surface area (Å²) in [6, 6.07) is 32.6. The van der Waals surface area contributed by atoms with Gasteiger partial charge in [0.15, 0.2) is 0 Å². The highest BCUT2D eigenvalue weighted by Gasteiger charge is 2.11. The molecule has 4 N–H and O–H groups in total. The molecule has 0 aliphatic carbocycles. The van der Waals surface area contributed by atoms with E-state index in [0.29, 0.717) is 60.1 Å². The van der Waals surface area contributed by atoms with Gasteiger partial charge in [-0.3, -0.25) is 19.8 Å². The fraction of sp³-hybridized carbons (Fsp3) is 0.154. The summed E-state index contributed by atoms with van der Waals surface area (Å²) < 4.78 is 0. The molecule has 0 spiro atoms. The Morgan fingerprint density at radius 1 is 0.540 bits per heavy atom. The third-order valence-electron chi connectivity index (χ3n) is 9.03. The minimum Gasteiger partial charge on any atom is -0.508 e. The molecule has 0 saturated heterocycles. The molecule has 7 aromatic rings. The first-order valence-electron chi connectivity index (χ1n) is 19.4. The highest BCUT2D eigenvalue weighted by molar-refractivity contribution is 6.36. The van der Waals surface area contributed by atoms with E-state index in [-0.39, 0.29) is 11.5 Å². The predicted molar refractivity (Wildman–Crippen MR) is 261 cm³/mol. The lowest BCUT2D eigenvalue weighted by molar-refractivity contribution is 0.330. The van der Waals surface area contributed by atoms with Crippen LogP contribution in [0.4, 0.5) is 11.4 Å². The lowest BCUT2D eigenvalue weighted by Gasteiger charge is -2.18. The van der Waals surface area contributed by atoms with Crippen molar-refractivity contribution in [1.29, 1.82) is 0 Å². The number of hydrogen-bond acceptors (Lipinski definition) is 8. The molecular weight excluding hydrogens is 849 g/mol. The summed E-state index contributed by atoms with van der Waals surface area (Å²) in [5.74, 6) is 11.1. The van der Waals surface area contributed by atoms with Gasteiger partial charge in [-0.15, -0.1) is 25.7 Å². The molecule has 8 nitrogen and oxygen atoms in total. The Kier molecular flexibility index (Phi) is 19.5. The third-order valence-corrected chi connectivity index (χ3v) is 9.83. The van der Waals surface area contributed by atoms with Crippen molar-refractivity contribution in [3.05, 3.63) is 159 Å². The van der Waals surface area contributed by atoms with E-state index >= 15 is 0 Å². The van der Waals surface area contributed by atoms with Crippen LogP contribution in [0, 0.1) is 63.2 Å². The lowest BCUT2D eigenvalue weighted by atomic mass is 10.1. The van der Waals surface area contributed by atoms with Crippen LogP contribution in [0.2, 0.25) is 15.1 Å². The number of phenols is 3. The zero-order chi connectivity index (χ0) is 45.7. The molecular formula is C52H46Cl3N5O3. The predicted octanol–water partition coefficient (Wildman–Crippen LogP) is 11.4. The number of nitrogens with one attached hydrogen (secondary N) is 1. The van der Waals surface area contributed by atoms with Crippen LogP contribution in [0.5, 0.6) is 17.2 Å². The first-order chi connectivity index (χ1) is 30.3. The Morgan fingerprint density at radius 3 is 1.56 bits per heavy atom. The molecule has 11 heteroatoms. The average molecular weight is 895 g/mol. The van der Waals surface area contributed by atoms with Gasteiger partial charge in [-0.05, 0) is 98.8 Å². The Labute approximate surface area is 385 Å². The molecule has 0 bridgehead atoms. The summed E-state index contributed by atoms with van der Waals surface area (Å²) in [6.07, 6.45) is 24.7. The largest absolute Gasteiger partial charge is 0.508 e. The van der Waals surface area contributed by atoms with Crippen molar-refractivity contribution in [2.75, 3.05) is 31.5 Å². The highest BCUT2D eigenvalue weighted by Crippen LogP contribution is 2.30.